The second-order valence-electron chi connectivity index (χ2n) is 10.1. The quantitative estimate of drug-likeness (QED) is 0.499. The van der Waals surface area contributed by atoms with Gasteiger partial charge in [0.1, 0.15) is 11.6 Å². The number of amides is 2. The number of ether oxygens (including phenoxy) is 1. The largest absolute Gasteiger partial charge is 0.496 e. The van der Waals surface area contributed by atoms with Crippen molar-refractivity contribution < 1.29 is 14.3 Å². The molecule has 2 saturated heterocycles. The third-order valence-corrected chi connectivity index (χ3v) is 7.79. The third-order valence-electron chi connectivity index (χ3n) is 7.79. The average molecular weight is 499 g/mol. The molecule has 2 bridgehead atoms. The second-order valence-corrected chi connectivity index (χ2v) is 10.1. The molecule has 7 heteroatoms. The van der Waals surface area contributed by atoms with E-state index in [0.29, 0.717) is 29.8 Å². The van der Waals surface area contributed by atoms with Crippen LogP contribution >= 0.6 is 0 Å². The predicted molar refractivity (Wildman–Crippen MR) is 144 cm³/mol. The number of anilines is 1. The van der Waals surface area contributed by atoms with Crippen molar-refractivity contribution in [3.05, 3.63) is 88.6 Å². The van der Waals surface area contributed by atoms with Crippen molar-refractivity contribution in [2.75, 3.05) is 12.0 Å². The minimum absolute atomic E-state index is 0.0477. The zero-order chi connectivity index (χ0) is 25.9. The molecule has 3 aromatic rings. The molecule has 37 heavy (non-hydrogen) atoms. The van der Waals surface area contributed by atoms with Gasteiger partial charge < -0.3 is 20.3 Å². The first-order valence-electron chi connectivity index (χ1n) is 13.0. The van der Waals surface area contributed by atoms with Crippen LogP contribution in [0.5, 0.6) is 5.75 Å². The molecule has 2 unspecified atom stereocenters. The van der Waals surface area contributed by atoms with Gasteiger partial charge in [0.2, 0.25) is 0 Å². The van der Waals surface area contributed by atoms with Crippen LogP contribution in [0.3, 0.4) is 0 Å². The Balaban J connectivity index is 1.20. The number of pyridine rings is 1. The lowest BCUT2D eigenvalue weighted by molar-refractivity contribution is 0.0923. The summed E-state index contributed by atoms with van der Waals surface area (Å²) in [6.45, 7) is 4.45. The highest BCUT2D eigenvalue weighted by Crippen LogP contribution is 2.38. The Labute approximate surface area is 218 Å². The monoisotopic (exact) mass is 498 g/mol. The fourth-order valence-corrected chi connectivity index (χ4v) is 5.77. The van der Waals surface area contributed by atoms with Crippen molar-refractivity contribution >= 4 is 17.6 Å². The van der Waals surface area contributed by atoms with Crippen LogP contribution in [0.25, 0.3) is 0 Å². The van der Waals surface area contributed by atoms with Crippen LogP contribution in [-0.4, -0.2) is 42.0 Å². The third kappa shape index (κ3) is 5.17. The number of carbonyl (C=O) groups excluding carboxylic acids is 2. The number of carbonyl (C=O) groups is 2. The molecule has 2 aromatic carbocycles. The molecule has 2 aliphatic heterocycles. The molecule has 5 rings (SSSR count). The van der Waals surface area contributed by atoms with Crippen LogP contribution in [0.2, 0.25) is 0 Å². The Morgan fingerprint density at radius 2 is 1.73 bits per heavy atom. The van der Waals surface area contributed by atoms with Gasteiger partial charge in [-0.1, -0.05) is 30.3 Å². The highest BCUT2D eigenvalue weighted by atomic mass is 16.5. The van der Waals surface area contributed by atoms with E-state index in [2.05, 4.69) is 20.5 Å². The van der Waals surface area contributed by atoms with Gasteiger partial charge in [0.05, 0.1) is 12.7 Å². The van der Waals surface area contributed by atoms with Gasteiger partial charge >= 0.3 is 0 Å². The molecule has 3 heterocycles. The van der Waals surface area contributed by atoms with Gasteiger partial charge in [-0.15, -0.1) is 0 Å². The van der Waals surface area contributed by atoms with E-state index in [4.69, 9.17) is 4.74 Å². The van der Waals surface area contributed by atoms with E-state index < -0.39 is 0 Å². The Morgan fingerprint density at radius 3 is 2.41 bits per heavy atom. The smallest absolute Gasteiger partial charge is 0.253 e. The predicted octanol–water partition coefficient (Wildman–Crippen LogP) is 4.57. The number of hydrogen-bond donors (Lipinski definition) is 2. The topological polar surface area (TPSA) is 83.6 Å². The van der Waals surface area contributed by atoms with E-state index in [1.807, 2.05) is 68.4 Å². The normalized spacial score (nSPS) is 20.4. The van der Waals surface area contributed by atoms with Crippen molar-refractivity contribution in [3.8, 4) is 5.75 Å². The molecule has 0 aliphatic carbocycles. The summed E-state index contributed by atoms with van der Waals surface area (Å²) in [7, 11) is 1.62. The Kier molecular flexibility index (Phi) is 7.12. The highest BCUT2D eigenvalue weighted by Gasteiger charge is 2.42. The number of piperidine rings is 1. The molecule has 2 fully saturated rings. The number of nitrogens with zero attached hydrogens (tertiary/aromatic N) is 2. The van der Waals surface area contributed by atoms with Crippen molar-refractivity contribution in [2.45, 2.75) is 64.2 Å². The first kappa shape index (κ1) is 24.8. The molecule has 192 valence electrons. The first-order chi connectivity index (χ1) is 17.9. The zero-order valence-electron chi connectivity index (χ0n) is 21.7. The van der Waals surface area contributed by atoms with Crippen LogP contribution in [0.15, 0.2) is 60.8 Å². The van der Waals surface area contributed by atoms with Crippen molar-refractivity contribution in [1.29, 1.82) is 0 Å². The van der Waals surface area contributed by atoms with E-state index in [-0.39, 0.29) is 17.9 Å². The van der Waals surface area contributed by atoms with E-state index >= 15 is 0 Å². The van der Waals surface area contributed by atoms with E-state index in [1.165, 1.54) is 0 Å². The maximum absolute atomic E-state index is 13.0. The summed E-state index contributed by atoms with van der Waals surface area (Å²) in [6, 6.07) is 18.2. The number of hydrogen-bond acceptors (Lipinski definition) is 5. The number of aromatic nitrogens is 1. The number of aryl methyl sites for hydroxylation is 1. The summed E-state index contributed by atoms with van der Waals surface area (Å²) in [5.74, 6) is 1.45. The summed E-state index contributed by atoms with van der Waals surface area (Å²) in [5.41, 5.74) is 4.33. The zero-order valence-corrected chi connectivity index (χ0v) is 21.7. The molecule has 2 atom stereocenters. The molecule has 2 N–H and O–H groups in total. The average Bonchev–Trinajstić information content (AvgIpc) is 3.18. The van der Waals surface area contributed by atoms with Crippen LogP contribution < -0.4 is 20.3 Å². The Bertz CT molecular complexity index is 1280. The van der Waals surface area contributed by atoms with Gasteiger partial charge in [0.15, 0.2) is 0 Å². The first-order valence-corrected chi connectivity index (χ1v) is 13.0. The van der Waals surface area contributed by atoms with Gasteiger partial charge in [-0.2, -0.15) is 0 Å². The van der Waals surface area contributed by atoms with E-state index in [9.17, 15) is 9.59 Å². The summed E-state index contributed by atoms with van der Waals surface area (Å²) >= 11 is 0. The molecular formula is C30H34N4O3. The standard InChI is InChI=1S/C30H34N4O3/c1-19-7-4-5-8-21(19)17-32-29(35)22-11-14-28(31-18-22)34-24-12-13-25(34)16-23(15-24)33-30(36)26-9-6-10-27(37-3)20(26)2/h4-11,14,18,23-25H,12-13,15-17H2,1-3H3,(H,32,35)(H,33,36). The van der Waals surface area contributed by atoms with Crippen LogP contribution in [-0.2, 0) is 6.54 Å². The minimum Gasteiger partial charge on any atom is -0.496 e. The van der Waals surface area contributed by atoms with Crippen LogP contribution in [0.4, 0.5) is 5.82 Å². The maximum atomic E-state index is 13.0. The van der Waals surface area contributed by atoms with Crippen LogP contribution in [0, 0.1) is 13.8 Å². The summed E-state index contributed by atoms with van der Waals surface area (Å²) in [5, 5.41) is 6.25. The molecule has 7 nitrogen and oxygen atoms in total. The Hall–Kier alpha value is -3.87. The maximum Gasteiger partial charge on any atom is 0.253 e. The summed E-state index contributed by atoms with van der Waals surface area (Å²) in [4.78, 5) is 32.7. The number of benzene rings is 2. The second kappa shape index (κ2) is 10.6. The number of nitrogens with one attached hydrogen (secondary N) is 2. The molecule has 2 amide bonds. The minimum atomic E-state index is -0.125. The number of fused-ring (bicyclic) bond motifs is 2. The lowest BCUT2D eigenvalue weighted by Crippen LogP contribution is -2.50. The van der Waals surface area contributed by atoms with Gasteiger partial charge in [-0.3, -0.25) is 9.59 Å². The van der Waals surface area contributed by atoms with Gasteiger partial charge in [-0.05, 0) is 74.9 Å². The van der Waals surface area contributed by atoms with Gasteiger partial charge in [0, 0.05) is 42.0 Å². The van der Waals surface area contributed by atoms with Crippen LogP contribution in [0.1, 0.15) is 63.1 Å². The number of rotatable bonds is 7. The molecule has 0 saturated carbocycles. The molecule has 0 radical (unpaired) electrons. The summed E-state index contributed by atoms with van der Waals surface area (Å²) in [6.07, 6.45) is 5.59. The lowest BCUT2D eigenvalue weighted by atomic mass is 9.96. The molecule has 2 aliphatic rings. The van der Waals surface area contributed by atoms with Gasteiger partial charge in [-0.25, -0.2) is 4.98 Å². The number of methoxy groups -OCH3 is 1. The summed E-state index contributed by atoms with van der Waals surface area (Å²) < 4.78 is 5.38. The fraction of sp³-hybridized carbons (Fsp3) is 0.367. The van der Waals surface area contributed by atoms with E-state index in [0.717, 1.165) is 53.9 Å². The van der Waals surface area contributed by atoms with Crippen molar-refractivity contribution in [1.82, 2.24) is 15.6 Å². The lowest BCUT2D eigenvalue weighted by Gasteiger charge is -2.40. The Morgan fingerprint density at radius 1 is 0.973 bits per heavy atom. The highest BCUT2D eigenvalue weighted by molar-refractivity contribution is 5.96. The van der Waals surface area contributed by atoms with Crippen molar-refractivity contribution in [3.63, 3.8) is 0 Å². The van der Waals surface area contributed by atoms with Gasteiger partial charge in [0.25, 0.3) is 11.8 Å². The molecule has 0 spiro atoms. The fourth-order valence-electron chi connectivity index (χ4n) is 5.77. The molecule has 1 aromatic heterocycles. The van der Waals surface area contributed by atoms with E-state index in [1.54, 1.807) is 13.3 Å². The van der Waals surface area contributed by atoms with Crippen molar-refractivity contribution in [2.24, 2.45) is 0 Å². The SMILES string of the molecule is COc1cccc(C(=O)NC2CC3CCC(C2)N3c2ccc(C(=O)NCc3ccccc3C)cn2)c1C. The molecular weight excluding hydrogens is 464 g/mol.